The van der Waals surface area contributed by atoms with Crippen LogP contribution in [0.3, 0.4) is 0 Å². The first kappa shape index (κ1) is 14.2. The molecule has 110 valence electrons. The Morgan fingerprint density at radius 2 is 1.95 bits per heavy atom. The molecule has 0 saturated heterocycles. The number of ether oxygens (including phenoxy) is 1. The van der Waals surface area contributed by atoms with Crippen molar-refractivity contribution >= 4 is 17.6 Å². The zero-order chi connectivity index (χ0) is 15.4. The van der Waals surface area contributed by atoms with E-state index in [0.29, 0.717) is 6.54 Å². The summed E-state index contributed by atoms with van der Waals surface area (Å²) >= 11 is 0. The van der Waals surface area contributed by atoms with Crippen LogP contribution in [0.1, 0.15) is 11.1 Å². The summed E-state index contributed by atoms with van der Waals surface area (Å²) in [5.74, 6) is 2.49. The number of rotatable bonds is 4. The molecule has 0 bridgehead atoms. The van der Waals surface area contributed by atoms with Gasteiger partial charge in [0, 0.05) is 29.7 Å². The molecule has 1 aliphatic rings. The van der Waals surface area contributed by atoms with Crippen molar-refractivity contribution < 1.29 is 4.74 Å². The van der Waals surface area contributed by atoms with E-state index in [2.05, 4.69) is 15.8 Å². The molecule has 1 atom stereocenters. The second-order valence-corrected chi connectivity index (χ2v) is 5.01. The van der Waals surface area contributed by atoms with Gasteiger partial charge in [-0.25, -0.2) is 4.99 Å². The van der Waals surface area contributed by atoms with Crippen LogP contribution >= 0.6 is 0 Å². The smallest absolute Gasteiger partial charge is 0.229 e. The van der Waals surface area contributed by atoms with Gasteiger partial charge in [-0.15, -0.1) is 6.42 Å². The molecule has 1 heterocycles. The zero-order valence-electron chi connectivity index (χ0n) is 12.1. The van der Waals surface area contributed by atoms with Gasteiger partial charge in [0.25, 0.3) is 0 Å². The monoisotopic (exact) mass is 291 g/mol. The normalized spacial score (nSPS) is 16.1. The summed E-state index contributed by atoms with van der Waals surface area (Å²) in [6.45, 7) is 0.821. The highest BCUT2D eigenvalue weighted by molar-refractivity contribution is 5.90. The molecule has 2 aromatic rings. The van der Waals surface area contributed by atoms with Crippen LogP contribution in [0.15, 0.2) is 53.5 Å². The van der Waals surface area contributed by atoms with Gasteiger partial charge in [-0.2, -0.15) is 0 Å². The molecule has 0 spiro atoms. The minimum absolute atomic E-state index is 0.213. The maximum atomic E-state index is 6.07. The number of fused-ring (bicyclic) bond motifs is 1. The van der Waals surface area contributed by atoms with E-state index in [0.717, 1.165) is 22.5 Å². The molecule has 0 amide bonds. The number of nitrogens with zero attached hydrogens (tertiary/aromatic N) is 2. The largest absolute Gasteiger partial charge is 0.398 e. The topological polar surface area (TPSA) is 50.8 Å². The van der Waals surface area contributed by atoms with E-state index < -0.39 is 6.35 Å². The number of terminal acetylenes is 1. The Morgan fingerprint density at radius 3 is 2.77 bits per heavy atom. The van der Waals surface area contributed by atoms with Crippen molar-refractivity contribution in [1.29, 1.82) is 0 Å². The summed E-state index contributed by atoms with van der Waals surface area (Å²) in [5.41, 5.74) is 9.96. The van der Waals surface area contributed by atoms with Crippen LogP contribution in [0.4, 0.5) is 11.4 Å². The van der Waals surface area contributed by atoms with E-state index in [9.17, 15) is 0 Å². The molecule has 2 N–H and O–H groups in total. The molecule has 0 fully saturated rings. The van der Waals surface area contributed by atoms with E-state index in [1.54, 1.807) is 0 Å². The zero-order valence-corrected chi connectivity index (χ0v) is 12.1. The van der Waals surface area contributed by atoms with Crippen LogP contribution in [0.2, 0.25) is 0 Å². The molecule has 2 aromatic carbocycles. The Hall–Kier alpha value is -2.77. The molecule has 4 heteroatoms. The number of hydrogen-bond acceptors (Lipinski definition) is 4. The Kier molecular flexibility index (Phi) is 4.08. The van der Waals surface area contributed by atoms with Gasteiger partial charge in [-0.05, 0) is 17.7 Å². The quantitative estimate of drug-likeness (QED) is 0.696. The highest BCUT2D eigenvalue weighted by Gasteiger charge is 2.24. The highest BCUT2D eigenvalue weighted by Crippen LogP contribution is 2.29. The summed E-state index contributed by atoms with van der Waals surface area (Å²) in [6.07, 6.45) is 6.68. The molecule has 1 unspecified atom stereocenters. The maximum absolute atomic E-state index is 6.07. The molecular weight excluding hydrogens is 274 g/mol. The van der Waals surface area contributed by atoms with Crippen molar-refractivity contribution in [1.82, 2.24) is 0 Å². The van der Waals surface area contributed by atoms with E-state index >= 15 is 0 Å². The fraction of sp³-hybridized carbons (Fsp3) is 0.167. The van der Waals surface area contributed by atoms with Crippen LogP contribution in [0.5, 0.6) is 0 Å². The van der Waals surface area contributed by atoms with Gasteiger partial charge in [0.15, 0.2) is 0 Å². The Bertz CT molecular complexity index is 733. The molecule has 0 aromatic heterocycles. The Balaban J connectivity index is 1.94. The van der Waals surface area contributed by atoms with Crippen molar-refractivity contribution in [2.24, 2.45) is 4.99 Å². The lowest BCUT2D eigenvalue weighted by atomic mass is 10.1. The van der Waals surface area contributed by atoms with Crippen molar-refractivity contribution in [3.8, 4) is 12.3 Å². The van der Waals surface area contributed by atoms with E-state index in [1.165, 1.54) is 0 Å². The van der Waals surface area contributed by atoms with E-state index in [4.69, 9.17) is 16.9 Å². The summed E-state index contributed by atoms with van der Waals surface area (Å²) in [7, 11) is 0. The maximum Gasteiger partial charge on any atom is 0.229 e. The first-order chi connectivity index (χ1) is 10.8. The predicted molar refractivity (Wildman–Crippen MR) is 89.6 cm³/mol. The first-order valence-electron chi connectivity index (χ1n) is 7.07. The summed E-state index contributed by atoms with van der Waals surface area (Å²) in [4.78, 5) is 6.53. The number of benzene rings is 2. The molecule has 0 radical (unpaired) electrons. The third-order valence-corrected chi connectivity index (χ3v) is 3.57. The Labute approximate surface area is 130 Å². The molecule has 0 aliphatic carbocycles. The summed E-state index contributed by atoms with van der Waals surface area (Å²) in [5, 5.41) is 0. The molecular formula is C18H17N3O. The molecule has 3 rings (SSSR count). The van der Waals surface area contributed by atoms with Crippen molar-refractivity contribution in [3.05, 3.63) is 59.7 Å². The van der Waals surface area contributed by atoms with Crippen LogP contribution in [-0.2, 0) is 11.3 Å². The second kappa shape index (κ2) is 6.33. The van der Waals surface area contributed by atoms with Gasteiger partial charge in [-0.1, -0.05) is 42.3 Å². The number of anilines is 2. The minimum Gasteiger partial charge on any atom is -0.398 e. The number of nitrogens with two attached hydrogens (primary N) is 1. The lowest BCUT2D eigenvalue weighted by Crippen LogP contribution is -2.38. The first-order valence-corrected chi connectivity index (χ1v) is 7.07. The third-order valence-electron chi connectivity index (χ3n) is 3.57. The van der Waals surface area contributed by atoms with Crippen molar-refractivity contribution in [2.75, 3.05) is 17.2 Å². The fourth-order valence-corrected chi connectivity index (χ4v) is 2.48. The Morgan fingerprint density at radius 1 is 1.18 bits per heavy atom. The van der Waals surface area contributed by atoms with Gasteiger partial charge in [0.05, 0.1) is 0 Å². The number of nitrogen functional groups attached to an aromatic ring is 1. The third kappa shape index (κ3) is 2.80. The van der Waals surface area contributed by atoms with Gasteiger partial charge >= 0.3 is 0 Å². The predicted octanol–water partition coefficient (Wildman–Crippen LogP) is 2.64. The SMILES string of the molecule is C#CCOC1N=Cc2ccccc2N1Cc1ccccc1N. The molecule has 4 nitrogen and oxygen atoms in total. The fourth-order valence-electron chi connectivity index (χ4n) is 2.48. The molecule has 22 heavy (non-hydrogen) atoms. The number of aliphatic imine (C=N–C) groups is 1. The second-order valence-electron chi connectivity index (χ2n) is 5.01. The number of para-hydroxylation sites is 2. The van der Waals surface area contributed by atoms with Gasteiger partial charge < -0.3 is 15.4 Å². The molecule has 0 saturated carbocycles. The van der Waals surface area contributed by atoms with Gasteiger partial charge in [-0.3, -0.25) is 0 Å². The van der Waals surface area contributed by atoms with Crippen LogP contribution in [0, 0.1) is 12.3 Å². The summed E-state index contributed by atoms with van der Waals surface area (Å²) < 4.78 is 5.66. The lowest BCUT2D eigenvalue weighted by Gasteiger charge is -2.34. The average Bonchev–Trinajstić information content (AvgIpc) is 2.56. The summed E-state index contributed by atoms with van der Waals surface area (Å²) in [6, 6.07) is 15.9. The van der Waals surface area contributed by atoms with Crippen LogP contribution in [0.25, 0.3) is 0 Å². The standard InChI is InChI=1S/C18H17N3O/c1-2-11-22-18-20-12-14-7-4-6-10-17(14)21(18)13-15-8-3-5-9-16(15)19/h1,3-10,12,18H,11,13,19H2. The van der Waals surface area contributed by atoms with Gasteiger partial charge in [0.2, 0.25) is 6.35 Å². The number of hydrogen-bond donors (Lipinski definition) is 1. The van der Waals surface area contributed by atoms with E-state index in [1.807, 2.05) is 54.7 Å². The minimum atomic E-state index is -0.439. The molecule has 1 aliphatic heterocycles. The highest BCUT2D eigenvalue weighted by atomic mass is 16.5. The van der Waals surface area contributed by atoms with Crippen LogP contribution < -0.4 is 10.6 Å². The van der Waals surface area contributed by atoms with E-state index in [-0.39, 0.29) is 6.61 Å². The lowest BCUT2D eigenvalue weighted by molar-refractivity contribution is 0.0799. The van der Waals surface area contributed by atoms with Crippen molar-refractivity contribution in [2.45, 2.75) is 12.9 Å². The van der Waals surface area contributed by atoms with Gasteiger partial charge in [0.1, 0.15) is 6.61 Å². The average molecular weight is 291 g/mol. The van der Waals surface area contributed by atoms with Crippen molar-refractivity contribution in [3.63, 3.8) is 0 Å². The van der Waals surface area contributed by atoms with Crippen LogP contribution in [-0.4, -0.2) is 19.2 Å².